The van der Waals surface area contributed by atoms with Crippen molar-refractivity contribution in [1.29, 1.82) is 0 Å². The minimum Gasteiger partial charge on any atom is -0.333 e. The van der Waals surface area contributed by atoms with Crippen LogP contribution >= 0.6 is 22.9 Å². The highest BCUT2D eigenvalue weighted by Crippen LogP contribution is 2.19. The summed E-state index contributed by atoms with van der Waals surface area (Å²) >= 11 is 7.45. The molecule has 0 aliphatic heterocycles. The summed E-state index contributed by atoms with van der Waals surface area (Å²) in [6.07, 6.45) is 2.12. The molecule has 0 aliphatic carbocycles. The van der Waals surface area contributed by atoms with Crippen LogP contribution in [0, 0.1) is 6.92 Å². The van der Waals surface area contributed by atoms with Crippen LogP contribution in [0.3, 0.4) is 0 Å². The van der Waals surface area contributed by atoms with Crippen molar-refractivity contribution in [3.8, 4) is 0 Å². The van der Waals surface area contributed by atoms with E-state index in [1.807, 2.05) is 35.2 Å². The molecule has 2 aromatic rings. The Balaban J connectivity index is 2.14. The zero-order chi connectivity index (χ0) is 20.4. The molecule has 6 heteroatoms. The fourth-order valence-corrected chi connectivity index (χ4v) is 4.01. The van der Waals surface area contributed by atoms with E-state index in [1.54, 1.807) is 16.2 Å². The first-order valence-corrected chi connectivity index (χ1v) is 11.1. The van der Waals surface area contributed by atoms with E-state index in [4.69, 9.17) is 11.6 Å². The van der Waals surface area contributed by atoms with Crippen molar-refractivity contribution in [1.82, 2.24) is 9.80 Å². The molecule has 0 bridgehead atoms. The Labute approximate surface area is 177 Å². The van der Waals surface area contributed by atoms with Crippen LogP contribution in [0.25, 0.3) is 0 Å². The second-order valence-corrected chi connectivity index (χ2v) is 8.61. The quantitative estimate of drug-likeness (QED) is 0.488. The monoisotopic (exact) mass is 420 g/mol. The number of rotatable bonds is 11. The summed E-state index contributed by atoms with van der Waals surface area (Å²) in [5, 5.41) is 0. The van der Waals surface area contributed by atoms with Crippen molar-refractivity contribution in [2.45, 2.75) is 46.2 Å². The number of alkyl halides is 1. The highest BCUT2D eigenvalue weighted by atomic mass is 35.5. The number of nitrogens with zero attached hydrogens (tertiary/aromatic N) is 2. The number of benzene rings is 1. The molecule has 0 saturated heterocycles. The number of halogens is 1. The lowest BCUT2D eigenvalue weighted by atomic mass is 10.2. The Morgan fingerprint density at radius 3 is 2.36 bits per heavy atom. The molecule has 1 heterocycles. The molecule has 1 aromatic carbocycles. The number of unbranched alkanes of at least 4 members (excludes halogenated alkanes) is 1. The van der Waals surface area contributed by atoms with Gasteiger partial charge in [0.05, 0.1) is 13.1 Å². The summed E-state index contributed by atoms with van der Waals surface area (Å²) in [5.41, 5.74) is 1.08. The zero-order valence-electron chi connectivity index (χ0n) is 16.7. The predicted molar refractivity (Wildman–Crippen MR) is 117 cm³/mol. The van der Waals surface area contributed by atoms with Crippen LogP contribution in [0.5, 0.6) is 0 Å². The normalized spacial score (nSPS) is 10.7. The highest BCUT2D eigenvalue weighted by molar-refractivity contribution is 7.11. The Morgan fingerprint density at radius 2 is 1.75 bits per heavy atom. The van der Waals surface area contributed by atoms with Gasteiger partial charge in [0.2, 0.25) is 11.8 Å². The molecule has 0 spiro atoms. The maximum absolute atomic E-state index is 13.1. The first-order valence-electron chi connectivity index (χ1n) is 9.74. The van der Waals surface area contributed by atoms with Gasteiger partial charge in [0.1, 0.15) is 0 Å². The Bertz CT molecular complexity index is 748. The van der Waals surface area contributed by atoms with Crippen molar-refractivity contribution >= 4 is 34.8 Å². The first-order chi connectivity index (χ1) is 13.5. The standard InChI is InChI=1S/C22H29ClN2O2S/c1-3-4-14-24(21(26)12-13-23)17-22(27)25(15-19-8-6-5-7-9-19)16-20-11-10-18(2)28-20/h5-11H,3-4,12-17H2,1-2H3. The number of thiophene rings is 1. The van der Waals surface area contributed by atoms with E-state index in [9.17, 15) is 9.59 Å². The molecule has 2 amide bonds. The van der Waals surface area contributed by atoms with Crippen LogP contribution in [0.4, 0.5) is 0 Å². The van der Waals surface area contributed by atoms with Gasteiger partial charge in [0.25, 0.3) is 0 Å². The van der Waals surface area contributed by atoms with Crippen LogP contribution < -0.4 is 0 Å². The van der Waals surface area contributed by atoms with Gasteiger partial charge in [-0.05, 0) is 31.0 Å². The van der Waals surface area contributed by atoms with Crippen molar-refractivity contribution < 1.29 is 9.59 Å². The molecular weight excluding hydrogens is 392 g/mol. The average Bonchev–Trinajstić information content (AvgIpc) is 3.10. The van der Waals surface area contributed by atoms with Crippen LogP contribution in [-0.4, -0.2) is 40.6 Å². The molecule has 0 fully saturated rings. The van der Waals surface area contributed by atoms with Gasteiger partial charge in [-0.15, -0.1) is 22.9 Å². The van der Waals surface area contributed by atoms with Gasteiger partial charge in [-0.2, -0.15) is 0 Å². The van der Waals surface area contributed by atoms with Gasteiger partial charge < -0.3 is 9.80 Å². The van der Waals surface area contributed by atoms with Crippen LogP contribution in [-0.2, 0) is 22.7 Å². The summed E-state index contributed by atoms with van der Waals surface area (Å²) in [7, 11) is 0. The molecule has 0 radical (unpaired) electrons. The SMILES string of the molecule is CCCCN(CC(=O)N(Cc1ccccc1)Cc1ccc(C)s1)C(=O)CCCl. The molecule has 152 valence electrons. The van der Waals surface area contributed by atoms with E-state index in [0.717, 1.165) is 23.3 Å². The second-order valence-electron chi connectivity index (χ2n) is 6.86. The highest BCUT2D eigenvalue weighted by Gasteiger charge is 2.21. The molecule has 0 saturated carbocycles. The van der Waals surface area contributed by atoms with Gasteiger partial charge in [-0.1, -0.05) is 43.7 Å². The molecule has 4 nitrogen and oxygen atoms in total. The topological polar surface area (TPSA) is 40.6 Å². The third kappa shape index (κ3) is 7.28. The predicted octanol–water partition coefficient (Wildman–Crippen LogP) is 4.84. The molecule has 0 atom stereocenters. The fourth-order valence-electron chi connectivity index (χ4n) is 2.94. The Kier molecular flexibility index (Phi) is 9.51. The van der Waals surface area contributed by atoms with Gasteiger partial charge in [-0.25, -0.2) is 0 Å². The van der Waals surface area contributed by atoms with Gasteiger partial charge >= 0.3 is 0 Å². The number of hydrogen-bond acceptors (Lipinski definition) is 3. The second kappa shape index (κ2) is 11.9. The maximum Gasteiger partial charge on any atom is 0.242 e. The van der Waals surface area contributed by atoms with Crippen molar-refractivity contribution in [3.05, 3.63) is 57.8 Å². The molecule has 28 heavy (non-hydrogen) atoms. The summed E-state index contributed by atoms with van der Waals surface area (Å²) in [5.74, 6) is 0.190. The summed E-state index contributed by atoms with van der Waals surface area (Å²) in [6, 6.07) is 14.1. The molecule has 1 aromatic heterocycles. The lowest BCUT2D eigenvalue weighted by molar-refractivity contribution is -0.141. The van der Waals surface area contributed by atoms with E-state index in [2.05, 4.69) is 26.0 Å². The van der Waals surface area contributed by atoms with Crippen molar-refractivity contribution in [2.75, 3.05) is 19.0 Å². The molecule has 0 unspecified atom stereocenters. The largest absolute Gasteiger partial charge is 0.333 e. The summed E-state index contributed by atoms with van der Waals surface area (Å²) in [4.78, 5) is 31.4. The number of carbonyl (C=O) groups excluding carboxylic acids is 2. The third-order valence-corrected chi connectivity index (χ3v) is 5.65. The van der Waals surface area contributed by atoms with E-state index < -0.39 is 0 Å². The Morgan fingerprint density at radius 1 is 1.00 bits per heavy atom. The van der Waals surface area contributed by atoms with Crippen molar-refractivity contribution in [3.63, 3.8) is 0 Å². The molecule has 0 N–H and O–H groups in total. The third-order valence-electron chi connectivity index (χ3n) is 4.48. The van der Waals surface area contributed by atoms with Gasteiger partial charge in [-0.3, -0.25) is 9.59 Å². The average molecular weight is 421 g/mol. The zero-order valence-corrected chi connectivity index (χ0v) is 18.3. The minimum absolute atomic E-state index is 0.0334. The van der Waals surface area contributed by atoms with E-state index in [0.29, 0.717) is 19.6 Å². The van der Waals surface area contributed by atoms with Crippen LogP contribution in [0.15, 0.2) is 42.5 Å². The number of amides is 2. The maximum atomic E-state index is 13.1. The van der Waals surface area contributed by atoms with Gasteiger partial charge in [0.15, 0.2) is 0 Å². The van der Waals surface area contributed by atoms with Gasteiger partial charge in [0, 0.05) is 35.1 Å². The number of carbonyl (C=O) groups is 2. The van der Waals surface area contributed by atoms with Crippen molar-refractivity contribution in [2.24, 2.45) is 0 Å². The lowest BCUT2D eigenvalue weighted by Crippen LogP contribution is -2.42. The molecular formula is C22H29ClN2O2S. The smallest absolute Gasteiger partial charge is 0.242 e. The minimum atomic E-state index is -0.0524. The Hall–Kier alpha value is -1.85. The molecule has 0 aliphatic rings. The lowest BCUT2D eigenvalue weighted by Gasteiger charge is -2.27. The summed E-state index contributed by atoms with van der Waals surface area (Å²) < 4.78 is 0. The van der Waals surface area contributed by atoms with E-state index in [1.165, 1.54) is 4.88 Å². The van der Waals surface area contributed by atoms with E-state index >= 15 is 0 Å². The number of hydrogen-bond donors (Lipinski definition) is 0. The molecule has 2 rings (SSSR count). The van der Waals surface area contributed by atoms with Crippen LogP contribution in [0.1, 0.15) is 41.5 Å². The summed E-state index contributed by atoms with van der Waals surface area (Å²) in [6.45, 7) is 5.92. The van der Waals surface area contributed by atoms with Crippen LogP contribution in [0.2, 0.25) is 0 Å². The first kappa shape index (κ1) is 22.4. The fraction of sp³-hybridized carbons (Fsp3) is 0.455. The number of aryl methyl sites for hydroxylation is 1. The van der Waals surface area contributed by atoms with E-state index in [-0.39, 0.29) is 30.7 Å².